The van der Waals surface area contributed by atoms with Crippen molar-refractivity contribution in [3.8, 4) is 16.9 Å². The summed E-state index contributed by atoms with van der Waals surface area (Å²) in [7, 11) is 1.40. The van der Waals surface area contributed by atoms with E-state index >= 15 is 0 Å². The SMILES string of the molecule is COc1ccc(-c2cccc(Sc3cc(=O)n(O)c(=O)[nH]3)c2)cc1F. The van der Waals surface area contributed by atoms with Gasteiger partial charge >= 0.3 is 5.69 Å². The molecule has 0 saturated heterocycles. The van der Waals surface area contributed by atoms with Gasteiger partial charge in [0, 0.05) is 11.0 Å². The van der Waals surface area contributed by atoms with Crippen LogP contribution in [0.15, 0.2) is 68.0 Å². The van der Waals surface area contributed by atoms with Crippen LogP contribution in [0.4, 0.5) is 4.39 Å². The maximum absolute atomic E-state index is 13.9. The van der Waals surface area contributed by atoms with Crippen molar-refractivity contribution in [1.29, 1.82) is 0 Å². The summed E-state index contributed by atoms with van der Waals surface area (Å²) in [6.07, 6.45) is 0. The number of benzene rings is 2. The molecule has 0 spiro atoms. The first-order valence-corrected chi connectivity index (χ1v) is 7.97. The van der Waals surface area contributed by atoms with Gasteiger partial charge in [-0.2, -0.15) is 0 Å². The molecule has 1 aromatic heterocycles. The molecular weight excluding hydrogens is 347 g/mol. The predicted octanol–water partition coefficient (Wildman–Crippen LogP) is 2.74. The molecular formula is C17H13FN2O4S. The Labute approximate surface area is 145 Å². The number of hydrogen-bond acceptors (Lipinski definition) is 5. The molecule has 0 bridgehead atoms. The maximum Gasteiger partial charge on any atom is 0.362 e. The summed E-state index contributed by atoms with van der Waals surface area (Å²) in [6, 6.07) is 13.0. The van der Waals surface area contributed by atoms with Gasteiger partial charge in [0.1, 0.15) is 0 Å². The molecule has 1 heterocycles. The first kappa shape index (κ1) is 16.8. The molecule has 0 aliphatic heterocycles. The van der Waals surface area contributed by atoms with Crippen molar-refractivity contribution >= 4 is 11.8 Å². The second-order valence-electron chi connectivity index (χ2n) is 5.07. The van der Waals surface area contributed by atoms with E-state index in [9.17, 15) is 14.0 Å². The Kier molecular flexibility index (Phi) is 4.62. The van der Waals surface area contributed by atoms with Gasteiger partial charge < -0.3 is 9.94 Å². The monoisotopic (exact) mass is 360 g/mol. The molecule has 0 aliphatic rings. The van der Waals surface area contributed by atoms with Crippen LogP contribution in [0.5, 0.6) is 5.75 Å². The molecule has 0 atom stereocenters. The highest BCUT2D eigenvalue weighted by molar-refractivity contribution is 7.99. The topological polar surface area (TPSA) is 84.3 Å². The van der Waals surface area contributed by atoms with Gasteiger partial charge in [-0.25, -0.2) is 9.18 Å². The minimum Gasteiger partial charge on any atom is -0.494 e. The number of nitrogens with zero attached hydrogens (tertiary/aromatic N) is 1. The molecule has 3 rings (SSSR count). The number of ether oxygens (including phenoxy) is 1. The average molecular weight is 360 g/mol. The van der Waals surface area contributed by atoms with Crippen LogP contribution in [0.25, 0.3) is 11.1 Å². The Morgan fingerprint density at radius 3 is 2.56 bits per heavy atom. The maximum atomic E-state index is 13.9. The van der Waals surface area contributed by atoms with Crippen molar-refractivity contribution in [2.24, 2.45) is 0 Å². The van der Waals surface area contributed by atoms with Gasteiger partial charge in [-0.3, -0.25) is 9.78 Å². The van der Waals surface area contributed by atoms with Crippen LogP contribution >= 0.6 is 11.8 Å². The van der Waals surface area contributed by atoms with E-state index < -0.39 is 17.1 Å². The van der Waals surface area contributed by atoms with E-state index in [4.69, 9.17) is 9.94 Å². The van der Waals surface area contributed by atoms with Crippen LogP contribution in [-0.4, -0.2) is 22.0 Å². The van der Waals surface area contributed by atoms with Gasteiger partial charge in [0.05, 0.1) is 12.1 Å². The molecule has 6 nitrogen and oxygen atoms in total. The average Bonchev–Trinajstić information content (AvgIpc) is 2.60. The van der Waals surface area contributed by atoms with Crippen LogP contribution in [0, 0.1) is 5.82 Å². The summed E-state index contributed by atoms with van der Waals surface area (Å²) in [5.74, 6) is -0.301. The van der Waals surface area contributed by atoms with Crippen LogP contribution in [0.1, 0.15) is 0 Å². The molecule has 0 fully saturated rings. The molecule has 128 valence electrons. The summed E-state index contributed by atoms with van der Waals surface area (Å²) in [5, 5.41) is 9.45. The van der Waals surface area contributed by atoms with E-state index in [-0.39, 0.29) is 10.5 Å². The third kappa shape index (κ3) is 3.58. The van der Waals surface area contributed by atoms with Crippen LogP contribution in [-0.2, 0) is 0 Å². The number of nitrogens with one attached hydrogen (secondary N) is 1. The zero-order chi connectivity index (χ0) is 18.0. The van der Waals surface area contributed by atoms with Gasteiger partial charge in [-0.1, -0.05) is 34.7 Å². The largest absolute Gasteiger partial charge is 0.494 e. The number of hydrogen-bond donors (Lipinski definition) is 2. The lowest BCUT2D eigenvalue weighted by molar-refractivity contribution is 0.159. The third-order valence-corrected chi connectivity index (χ3v) is 4.36. The molecule has 2 aromatic carbocycles. The van der Waals surface area contributed by atoms with E-state index in [1.165, 1.54) is 13.2 Å². The number of methoxy groups -OCH3 is 1. The van der Waals surface area contributed by atoms with Gasteiger partial charge in [-0.05, 0) is 35.4 Å². The Balaban J connectivity index is 1.93. The number of aromatic nitrogens is 2. The Morgan fingerprint density at radius 2 is 1.88 bits per heavy atom. The fourth-order valence-electron chi connectivity index (χ4n) is 2.23. The summed E-state index contributed by atoms with van der Waals surface area (Å²) < 4.78 is 18.8. The lowest BCUT2D eigenvalue weighted by atomic mass is 10.1. The lowest BCUT2D eigenvalue weighted by Crippen LogP contribution is -2.32. The van der Waals surface area contributed by atoms with Crippen molar-refractivity contribution in [3.63, 3.8) is 0 Å². The second kappa shape index (κ2) is 6.86. The normalized spacial score (nSPS) is 10.6. The van der Waals surface area contributed by atoms with Crippen LogP contribution < -0.4 is 16.0 Å². The molecule has 0 saturated carbocycles. The molecule has 3 aromatic rings. The quantitative estimate of drug-likeness (QED) is 0.552. The minimum atomic E-state index is -0.914. The third-order valence-electron chi connectivity index (χ3n) is 3.43. The number of H-pyrrole nitrogens is 1. The van der Waals surface area contributed by atoms with Crippen molar-refractivity contribution in [2.45, 2.75) is 9.92 Å². The first-order valence-electron chi connectivity index (χ1n) is 7.15. The lowest BCUT2D eigenvalue weighted by Gasteiger charge is -2.08. The second-order valence-corrected chi connectivity index (χ2v) is 6.18. The van der Waals surface area contributed by atoms with Crippen molar-refractivity contribution in [1.82, 2.24) is 9.71 Å². The minimum absolute atomic E-state index is 0.000610. The molecule has 25 heavy (non-hydrogen) atoms. The Hall–Kier alpha value is -3.00. The zero-order valence-electron chi connectivity index (χ0n) is 13.0. The Morgan fingerprint density at radius 1 is 1.12 bits per heavy atom. The first-order chi connectivity index (χ1) is 12.0. The summed E-state index contributed by atoms with van der Waals surface area (Å²) >= 11 is 1.15. The van der Waals surface area contributed by atoms with E-state index in [0.29, 0.717) is 10.6 Å². The standard InChI is InChI=1S/C17H13FN2O4S/c1-24-14-6-5-11(8-13(14)18)10-3-2-4-12(7-10)25-15-9-16(21)20(23)17(22)19-15/h2-9,23H,1H3,(H,19,22). The van der Waals surface area contributed by atoms with Crippen molar-refractivity contribution in [2.75, 3.05) is 7.11 Å². The Bertz CT molecular complexity index is 1010. The van der Waals surface area contributed by atoms with E-state index in [2.05, 4.69) is 4.98 Å². The molecule has 8 heteroatoms. The van der Waals surface area contributed by atoms with E-state index in [0.717, 1.165) is 28.3 Å². The zero-order valence-corrected chi connectivity index (χ0v) is 13.8. The highest BCUT2D eigenvalue weighted by Crippen LogP contribution is 2.30. The smallest absolute Gasteiger partial charge is 0.362 e. The molecule has 0 unspecified atom stereocenters. The van der Waals surface area contributed by atoms with Gasteiger partial charge in [0.15, 0.2) is 11.6 Å². The number of halogens is 1. The van der Waals surface area contributed by atoms with Crippen molar-refractivity contribution in [3.05, 3.63) is 75.2 Å². The van der Waals surface area contributed by atoms with Gasteiger partial charge in [0.25, 0.3) is 5.56 Å². The number of aromatic amines is 1. The fraction of sp³-hybridized carbons (Fsp3) is 0.0588. The molecule has 0 amide bonds. The predicted molar refractivity (Wildman–Crippen MR) is 91.0 cm³/mol. The van der Waals surface area contributed by atoms with E-state index in [1.807, 2.05) is 6.07 Å². The summed E-state index contributed by atoms with van der Waals surface area (Å²) in [5.41, 5.74) is -0.299. The molecule has 2 N–H and O–H groups in total. The highest BCUT2D eigenvalue weighted by Gasteiger charge is 2.08. The summed E-state index contributed by atoms with van der Waals surface area (Å²) in [6.45, 7) is 0. The van der Waals surface area contributed by atoms with Crippen LogP contribution in [0.2, 0.25) is 0 Å². The summed E-state index contributed by atoms with van der Waals surface area (Å²) in [4.78, 5) is 26.0. The van der Waals surface area contributed by atoms with Gasteiger partial charge in [0.2, 0.25) is 0 Å². The van der Waals surface area contributed by atoms with Crippen molar-refractivity contribution < 1.29 is 14.3 Å². The number of rotatable bonds is 4. The highest BCUT2D eigenvalue weighted by atomic mass is 32.2. The van der Waals surface area contributed by atoms with E-state index in [1.54, 1.807) is 30.3 Å². The fourth-order valence-corrected chi connectivity index (χ4v) is 3.12. The molecule has 0 radical (unpaired) electrons. The van der Waals surface area contributed by atoms with Gasteiger partial charge in [-0.15, -0.1) is 0 Å². The van der Waals surface area contributed by atoms with Crippen LogP contribution in [0.3, 0.4) is 0 Å². The molecule has 0 aliphatic carbocycles.